The summed E-state index contributed by atoms with van der Waals surface area (Å²) < 4.78 is 5.03. The number of rotatable bonds is 6. The molecule has 0 aliphatic carbocycles. The first-order valence-corrected chi connectivity index (χ1v) is 6.50. The Balaban J connectivity index is 3.04. The number of benzene rings is 1. The van der Waals surface area contributed by atoms with Crippen molar-refractivity contribution >= 4 is 17.7 Å². The third-order valence-corrected chi connectivity index (χ3v) is 2.92. The normalized spacial score (nSPS) is 10.3. The van der Waals surface area contributed by atoms with Crippen LogP contribution in [0.15, 0.2) is 18.2 Å². The molecule has 0 saturated heterocycles. The van der Waals surface area contributed by atoms with Gasteiger partial charge < -0.3 is 25.2 Å². The zero-order valence-corrected chi connectivity index (χ0v) is 12.3. The molecule has 116 valence electrons. The molecule has 1 aromatic carbocycles. The number of amides is 2. The lowest BCUT2D eigenvalue weighted by Gasteiger charge is -2.26. The van der Waals surface area contributed by atoms with Crippen molar-refractivity contribution in [1.29, 1.82) is 0 Å². The molecule has 1 rings (SSSR count). The molecule has 0 heterocycles. The van der Waals surface area contributed by atoms with E-state index in [0.29, 0.717) is 5.75 Å². The molecule has 1 aromatic rings. The average molecular weight is 296 g/mol. The predicted octanol–water partition coefficient (Wildman–Crippen LogP) is 1.63. The van der Waals surface area contributed by atoms with Crippen LogP contribution in [0, 0.1) is 0 Å². The Morgan fingerprint density at radius 2 is 2.05 bits per heavy atom. The fourth-order valence-corrected chi connectivity index (χ4v) is 1.83. The molecule has 0 saturated carbocycles. The summed E-state index contributed by atoms with van der Waals surface area (Å²) in [6, 6.07) is 3.71. The van der Waals surface area contributed by atoms with Crippen LogP contribution in [-0.2, 0) is 0 Å². The van der Waals surface area contributed by atoms with Crippen LogP contribution >= 0.6 is 0 Å². The first-order valence-electron chi connectivity index (χ1n) is 6.50. The van der Waals surface area contributed by atoms with Crippen LogP contribution in [-0.4, -0.2) is 53.4 Å². The lowest BCUT2D eigenvalue weighted by atomic mass is 10.1. The summed E-state index contributed by atoms with van der Waals surface area (Å²) in [5, 5.41) is 20.7. The molecule has 21 heavy (non-hydrogen) atoms. The number of aliphatic hydroxyl groups is 1. The number of anilines is 1. The molecule has 0 bridgehead atoms. The smallest absolute Gasteiger partial charge is 0.337 e. The third-order valence-electron chi connectivity index (χ3n) is 2.92. The molecule has 0 aliphatic rings. The Morgan fingerprint density at radius 1 is 1.38 bits per heavy atom. The number of hydrogen-bond acceptors (Lipinski definition) is 4. The summed E-state index contributed by atoms with van der Waals surface area (Å²) in [5.41, 5.74) is 0.118. The number of carboxylic acid groups (broad SMARTS) is 1. The van der Waals surface area contributed by atoms with E-state index in [-0.39, 0.29) is 30.4 Å². The molecule has 0 aromatic heterocycles. The number of hydrogen-bond donors (Lipinski definition) is 3. The number of carbonyl (C=O) groups excluding carboxylic acids is 1. The lowest BCUT2D eigenvalue weighted by Crippen LogP contribution is -2.42. The highest BCUT2D eigenvalue weighted by atomic mass is 16.5. The zero-order chi connectivity index (χ0) is 16.0. The van der Waals surface area contributed by atoms with Gasteiger partial charge >= 0.3 is 12.0 Å². The van der Waals surface area contributed by atoms with E-state index in [1.54, 1.807) is 13.8 Å². The second-order valence-electron chi connectivity index (χ2n) is 4.66. The summed E-state index contributed by atoms with van der Waals surface area (Å²) in [4.78, 5) is 24.8. The molecule has 0 spiro atoms. The fourth-order valence-electron chi connectivity index (χ4n) is 1.83. The molecule has 0 unspecified atom stereocenters. The standard InChI is InChI=1S/C14H20N2O5/c1-9(2)16(6-7-17)14(20)15-12-8-10(21-3)4-5-11(12)13(18)19/h4-5,8-9,17H,6-7H2,1-3H3,(H,15,20)(H,18,19). The monoisotopic (exact) mass is 296 g/mol. The number of carbonyl (C=O) groups is 2. The van der Waals surface area contributed by atoms with E-state index in [4.69, 9.17) is 14.9 Å². The molecular weight excluding hydrogens is 276 g/mol. The van der Waals surface area contributed by atoms with Crippen molar-refractivity contribution in [2.24, 2.45) is 0 Å². The minimum Gasteiger partial charge on any atom is -0.497 e. The average Bonchev–Trinajstić information content (AvgIpc) is 2.43. The van der Waals surface area contributed by atoms with Crippen molar-refractivity contribution in [3.05, 3.63) is 23.8 Å². The van der Waals surface area contributed by atoms with Gasteiger partial charge in [-0.2, -0.15) is 0 Å². The maximum absolute atomic E-state index is 12.2. The second kappa shape index (κ2) is 7.49. The van der Waals surface area contributed by atoms with E-state index in [0.717, 1.165) is 0 Å². The Labute approximate surface area is 123 Å². The van der Waals surface area contributed by atoms with Crippen LogP contribution < -0.4 is 10.1 Å². The van der Waals surface area contributed by atoms with E-state index >= 15 is 0 Å². The minimum atomic E-state index is -1.15. The van der Waals surface area contributed by atoms with E-state index in [2.05, 4.69) is 5.32 Å². The second-order valence-corrected chi connectivity index (χ2v) is 4.66. The predicted molar refractivity (Wildman–Crippen MR) is 77.9 cm³/mol. The van der Waals surface area contributed by atoms with E-state index in [9.17, 15) is 9.59 Å². The summed E-state index contributed by atoms with van der Waals surface area (Å²) in [6.45, 7) is 3.60. The van der Waals surface area contributed by atoms with Crippen LogP contribution in [0.3, 0.4) is 0 Å². The Bertz CT molecular complexity index is 516. The number of aliphatic hydroxyl groups excluding tert-OH is 1. The van der Waals surface area contributed by atoms with Gasteiger partial charge in [0, 0.05) is 18.7 Å². The minimum absolute atomic E-state index is 0.0307. The maximum atomic E-state index is 12.2. The SMILES string of the molecule is COc1ccc(C(=O)O)c(NC(=O)N(CCO)C(C)C)c1. The highest BCUT2D eigenvalue weighted by Gasteiger charge is 2.19. The van der Waals surface area contributed by atoms with E-state index in [1.165, 1.54) is 30.2 Å². The number of aromatic carboxylic acids is 1. The van der Waals surface area contributed by atoms with Crippen LogP contribution in [0.2, 0.25) is 0 Å². The third kappa shape index (κ3) is 4.35. The summed E-state index contributed by atoms with van der Waals surface area (Å²) in [5.74, 6) is -0.709. The summed E-state index contributed by atoms with van der Waals surface area (Å²) in [6.07, 6.45) is 0. The molecule has 0 fully saturated rings. The highest BCUT2D eigenvalue weighted by Crippen LogP contribution is 2.23. The number of nitrogens with one attached hydrogen (secondary N) is 1. The van der Waals surface area contributed by atoms with Gasteiger partial charge in [-0.3, -0.25) is 0 Å². The van der Waals surface area contributed by atoms with Crippen molar-refractivity contribution in [1.82, 2.24) is 4.90 Å². The number of ether oxygens (including phenoxy) is 1. The van der Waals surface area contributed by atoms with E-state index in [1.807, 2.05) is 0 Å². The first-order chi connectivity index (χ1) is 9.90. The first kappa shape index (κ1) is 16.8. The zero-order valence-electron chi connectivity index (χ0n) is 12.3. The van der Waals surface area contributed by atoms with Crippen molar-refractivity contribution in [3.8, 4) is 5.75 Å². The number of urea groups is 1. The summed E-state index contributed by atoms with van der Waals surface area (Å²) in [7, 11) is 1.45. The molecule has 0 atom stereocenters. The topological polar surface area (TPSA) is 99.1 Å². The number of nitrogens with zero attached hydrogens (tertiary/aromatic N) is 1. The van der Waals surface area contributed by atoms with Gasteiger partial charge in [-0.1, -0.05) is 0 Å². The summed E-state index contributed by atoms with van der Waals surface area (Å²) >= 11 is 0. The fraction of sp³-hybridized carbons (Fsp3) is 0.429. The molecule has 3 N–H and O–H groups in total. The van der Waals surface area contributed by atoms with Crippen molar-refractivity contribution in [2.75, 3.05) is 25.6 Å². The van der Waals surface area contributed by atoms with Crippen LogP contribution in [0.4, 0.5) is 10.5 Å². The molecule has 7 nitrogen and oxygen atoms in total. The van der Waals surface area contributed by atoms with Crippen LogP contribution in [0.1, 0.15) is 24.2 Å². The highest BCUT2D eigenvalue weighted by molar-refractivity contribution is 6.00. The van der Waals surface area contributed by atoms with Crippen LogP contribution in [0.25, 0.3) is 0 Å². The van der Waals surface area contributed by atoms with Crippen LogP contribution in [0.5, 0.6) is 5.75 Å². The largest absolute Gasteiger partial charge is 0.497 e. The van der Waals surface area contributed by atoms with Crippen molar-refractivity contribution in [3.63, 3.8) is 0 Å². The van der Waals surface area contributed by atoms with Gasteiger partial charge in [0.15, 0.2) is 0 Å². The quantitative estimate of drug-likeness (QED) is 0.741. The van der Waals surface area contributed by atoms with Gasteiger partial charge in [-0.15, -0.1) is 0 Å². The van der Waals surface area contributed by atoms with Gasteiger partial charge in [0.2, 0.25) is 0 Å². The van der Waals surface area contributed by atoms with Gasteiger partial charge in [-0.25, -0.2) is 9.59 Å². The number of methoxy groups -OCH3 is 1. The Kier molecular flexibility index (Phi) is 5.98. The molecule has 2 amide bonds. The van der Waals surface area contributed by atoms with Gasteiger partial charge in [-0.05, 0) is 26.0 Å². The Morgan fingerprint density at radius 3 is 2.52 bits per heavy atom. The van der Waals surface area contributed by atoms with Gasteiger partial charge in [0.05, 0.1) is 25.0 Å². The molecule has 0 radical (unpaired) electrons. The molecule has 7 heteroatoms. The maximum Gasteiger partial charge on any atom is 0.337 e. The van der Waals surface area contributed by atoms with Crippen molar-refractivity contribution in [2.45, 2.75) is 19.9 Å². The lowest BCUT2D eigenvalue weighted by molar-refractivity contribution is 0.0698. The molecule has 0 aliphatic heterocycles. The van der Waals surface area contributed by atoms with Gasteiger partial charge in [0.25, 0.3) is 0 Å². The Hall–Kier alpha value is -2.28. The molecular formula is C14H20N2O5. The van der Waals surface area contributed by atoms with Gasteiger partial charge in [0.1, 0.15) is 5.75 Å². The number of carboxylic acids is 1. The van der Waals surface area contributed by atoms with E-state index < -0.39 is 12.0 Å². The van der Waals surface area contributed by atoms with Crippen molar-refractivity contribution < 1.29 is 24.5 Å².